The minimum absolute atomic E-state index is 0.0190. The summed E-state index contributed by atoms with van der Waals surface area (Å²) in [5.74, 6) is 0.425. The summed E-state index contributed by atoms with van der Waals surface area (Å²) >= 11 is 0. The SMILES string of the molecule is COc1ccc(N2CC(C(=O)N3CC(C)OC(c4ccccc4)C3)CC2=O)cc1. The fourth-order valence-electron chi connectivity index (χ4n) is 4.13. The van der Waals surface area contributed by atoms with E-state index in [-0.39, 0.29) is 36.4 Å². The maximum Gasteiger partial charge on any atom is 0.228 e. The molecule has 3 unspecified atom stereocenters. The summed E-state index contributed by atoms with van der Waals surface area (Å²) in [7, 11) is 1.61. The van der Waals surface area contributed by atoms with Crippen LogP contribution in [0.3, 0.4) is 0 Å². The molecule has 2 aromatic carbocycles. The van der Waals surface area contributed by atoms with Gasteiger partial charge in [-0.2, -0.15) is 0 Å². The Morgan fingerprint density at radius 3 is 2.45 bits per heavy atom. The quantitative estimate of drug-likeness (QED) is 0.800. The van der Waals surface area contributed by atoms with Gasteiger partial charge >= 0.3 is 0 Å². The molecule has 0 spiro atoms. The van der Waals surface area contributed by atoms with Crippen LogP contribution in [0.1, 0.15) is 25.0 Å². The summed E-state index contributed by atoms with van der Waals surface area (Å²) in [6.45, 7) is 3.46. The summed E-state index contributed by atoms with van der Waals surface area (Å²) < 4.78 is 11.2. The lowest BCUT2D eigenvalue weighted by Crippen LogP contribution is -2.48. The molecule has 2 saturated heterocycles. The van der Waals surface area contributed by atoms with E-state index in [0.29, 0.717) is 19.6 Å². The minimum Gasteiger partial charge on any atom is -0.497 e. The predicted molar refractivity (Wildman–Crippen MR) is 110 cm³/mol. The monoisotopic (exact) mass is 394 g/mol. The first-order chi connectivity index (χ1) is 14.0. The molecule has 29 heavy (non-hydrogen) atoms. The number of hydrogen-bond acceptors (Lipinski definition) is 4. The average Bonchev–Trinajstić information content (AvgIpc) is 3.15. The van der Waals surface area contributed by atoms with Crippen LogP contribution in [0, 0.1) is 5.92 Å². The normalized spacial score (nSPS) is 24.6. The van der Waals surface area contributed by atoms with Crippen molar-refractivity contribution in [2.45, 2.75) is 25.6 Å². The van der Waals surface area contributed by atoms with Crippen LogP contribution in [0.5, 0.6) is 5.75 Å². The van der Waals surface area contributed by atoms with E-state index in [0.717, 1.165) is 17.0 Å². The molecule has 3 atom stereocenters. The van der Waals surface area contributed by atoms with E-state index in [1.54, 1.807) is 12.0 Å². The molecule has 2 aliphatic rings. The van der Waals surface area contributed by atoms with Crippen LogP contribution >= 0.6 is 0 Å². The van der Waals surface area contributed by atoms with Crippen molar-refractivity contribution >= 4 is 17.5 Å². The van der Waals surface area contributed by atoms with Gasteiger partial charge in [0.15, 0.2) is 0 Å². The Bertz CT molecular complexity index is 868. The molecule has 6 nitrogen and oxygen atoms in total. The first kappa shape index (κ1) is 19.5. The Morgan fingerprint density at radius 2 is 1.76 bits per heavy atom. The molecule has 2 amide bonds. The fraction of sp³-hybridized carbons (Fsp3) is 0.391. The fourth-order valence-corrected chi connectivity index (χ4v) is 4.13. The lowest BCUT2D eigenvalue weighted by Gasteiger charge is -2.38. The zero-order valence-electron chi connectivity index (χ0n) is 16.8. The number of carbonyl (C=O) groups is 2. The molecule has 2 aromatic rings. The largest absolute Gasteiger partial charge is 0.497 e. The van der Waals surface area contributed by atoms with Crippen molar-refractivity contribution in [1.29, 1.82) is 0 Å². The van der Waals surface area contributed by atoms with Gasteiger partial charge in [-0.05, 0) is 36.8 Å². The topological polar surface area (TPSA) is 59.1 Å². The molecule has 2 aliphatic heterocycles. The molecule has 4 rings (SSSR count). The average molecular weight is 394 g/mol. The van der Waals surface area contributed by atoms with Gasteiger partial charge in [-0.1, -0.05) is 30.3 Å². The minimum atomic E-state index is -0.327. The molecule has 0 saturated carbocycles. The van der Waals surface area contributed by atoms with Crippen LogP contribution in [-0.2, 0) is 14.3 Å². The Hall–Kier alpha value is -2.86. The molecular formula is C23H26N2O4. The number of ether oxygens (including phenoxy) is 2. The number of rotatable bonds is 4. The number of hydrogen-bond donors (Lipinski definition) is 0. The molecule has 0 bridgehead atoms. The van der Waals surface area contributed by atoms with Gasteiger partial charge in [0.05, 0.1) is 25.7 Å². The Kier molecular flexibility index (Phi) is 5.53. The van der Waals surface area contributed by atoms with E-state index >= 15 is 0 Å². The second kappa shape index (κ2) is 8.25. The zero-order chi connectivity index (χ0) is 20.4. The molecule has 0 aliphatic carbocycles. The zero-order valence-corrected chi connectivity index (χ0v) is 16.8. The highest BCUT2D eigenvalue weighted by Gasteiger charge is 2.39. The molecular weight excluding hydrogens is 368 g/mol. The van der Waals surface area contributed by atoms with E-state index in [2.05, 4.69) is 0 Å². The van der Waals surface area contributed by atoms with Gasteiger partial charge in [0.1, 0.15) is 11.9 Å². The molecule has 2 heterocycles. The Labute approximate surface area is 171 Å². The van der Waals surface area contributed by atoms with Crippen molar-refractivity contribution in [3.05, 3.63) is 60.2 Å². The van der Waals surface area contributed by atoms with E-state index in [1.165, 1.54) is 0 Å². The van der Waals surface area contributed by atoms with Crippen molar-refractivity contribution in [1.82, 2.24) is 4.90 Å². The Balaban J connectivity index is 1.45. The molecule has 152 valence electrons. The van der Waals surface area contributed by atoms with Gasteiger partial charge in [0.2, 0.25) is 11.8 Å². The number of methoxy groups -OCH3 is 1. The highest BCUT2D eigenvalue weighted by atomic mass is 16.5. The summed E-state index contributed by atoms with van der Waals surface area (Å²) in [6.07, 6.45) is 0.0541. The maximum absolute atomic E-state index is 13.2. The number of benzene rings is 2. The number of carbonyl (C=O) groups excluding carboxylic acids is 2. The van der Waals surface area contributed by atoms with Gasteiger partial charge in [0.25, 0.3) is 0 Å². The molecule has 0 aromatic heterocycles. The smallest absolute Gasteiger partial charge is 0.228 e. The van der Waals surface area contributed by atoms with Crippen molar-refractivity contribution in [2.24, 2.45) is 5.92 Å². The molecule has 2 fully saturated rings. The van der Waals surface area contributed by atoms with Crippen LogP contribution in [0.15, 0.2) is 54.6 Å². The van der Waals surface area contributed by atoms with Gasteiger partial charge in [0, 0.05) is 25.2 Å². The summed E-state index contributed by atoms with van der Waals surface area (Å²) in [5, 5.41) is 0. The van der Waals surface area contributed by atoms with E-state index in [4.69, 9.17) is 9.47 Å². The standard InChI is InChI=1S/C23H26N2O4/c1-16-13-24(15-21(29-16)17-6-4-3-5-7-17)23(27)18-12-22(26)25(14-18)19-8-10-20(28-2)11-9-19/h3-11,16,18,21H,12-15H2,1-2H3. The van der Waals surface area contributed by atoms with Crippen molar-refractivity contribution in [3.8, 4) is 5.75 Å². The first-order valence-corrected chi connectivity index (χ1v) is 9.98. The predicted octanol–water partition coefficient (Wildman–Crippen LogP) is 3.04. The van der Waals surface area contributed by atoms with E-state index in [1.807, 2.05) is 66.4 Å². The molecule has 0 N–H and O–H groups in total. The highest BCUT2D eigenvalue weighted by Crippen LogP contribution is 2.30. The Morgan fingerprint density at radius 1 is 1.03 bits per heavy atom. The number of amides is 2. The third kappa shape index (κ3) is 4.12. The summed E-state index contributed by atoms with van der Waals surface area (Å²) in [4.78, 5) is 29.4. The van der Waals surface area contributed by atoms with Crippen molar-refractivity contribution in [3.63, 3.8) is 0 Å². The molecule has 6 heteroatoms. The summed E-state index contributed by atoms with van der Waals surface area (Å²) in [5.41, 5.74) is 1.86. The second-order valence-corrected chi connectivity index (χ2v) is 7.69. The van der Waals surface area contributed by atoms with Crippen LogP contribution in [0.2, 0.25) is 0 Å². The van der Waals surface area contributed by atoms with Gasteiger partial charge < -0.3 is 19.3 Å². The van der Waals surface area contributed by atoms with Gasteiger partial charge in [-0.15, -0.1) is 0 Å². The summed E-state index contributed by atoms with van der Waals surface area (Å²) in [6, 6.07) is 17.3. The van der Waals surface area contributed by atoms with Crippen LogP contribution < -0.4 is 9.64 Å². The van der Waals surface area contributed by atoms with E-state index < -0.39 is 0 Å². The van der Waals surface area contributed by atoms with Crippen LogP contribution in [-0.4, -0.2) is 49.6 Å². The van der Waals surface area contributed by atoms with Crippen LogP contribution in [0.4, 0.5) is 5.69 Å². The van der Waals surface area contributed by atoms with E-state index in [9.17, 15) is 9.59 Å². The maximum atomic E-state index is 13.2. The number of nitrogens with zero attached hydrogens (tertiary/aromatic N) is 2. The third-order valence-electron chi connectivity index (χ3n) is 5.60. The van der Waals surface area contributed by atoms with Crippen LogP contribution in [0.25, 0.3) is 0 Å². The van der Waals surface area contributed by atoms with Crippen molar-refractivity contribution < 1.29 is 19.1 Å². The number of morpholine rings is 1. The highest BCUT2D eigenvalue weighted by molar-refractivity contribution is 6.00. The second-order valence-electron chi connectivity index (χ2n) is 7.69. The van der Waals surface area contributed by atoms with Gasteiger partial charge in [-0.25, -0.2) is 0 Å². The molecule has 0 radical (unpaired) electrons. The van der Waals surface area contributed by atoms with Gasteiger partial charge in [-0.3, -0.25) is 9.59 Å². The third-order valence-corrected chi connectivity index (χ3v) is 5.60. The lowest BCUT2D eigenvalue weighted by molar-refractivity contribution is -0.148. The first-order valence-electron chi connectivity index (χ1n) is 9.98. The van der Waals surface area contributed by atoms with Crippen molar-refractivity contribution in [2.75, 3.05) is 31.6 Å². The lowest BCUT2D eigenvalue weighted by atomic mass is 10.0. The number of anilines is 1.